The summed E-state index contributed by atoms with van der Waals surface area (Å²) in [5.74, 6) is -1.91. The van der Waals surface area contributed by atoms with E-state index in [0.29, 0.717) is 5.69 Å². The lowest BCUT2D eigenvalue weighted by Crippen LogP contribution is -2.44. The molecule has 0 spiro atoms. The highest BCUT2D eigenvalue weighted by Crippen LogP contribution is 2.39. The lowest BCUT2D eigenvalue weighted by molar-refractivity contribution is 0.0698. The van der Waals surface area contributed by atoms with Crippen LogP contribution in [0.3, 0.4) is 0 Å². The summed E-state index contributed by atoms with van der Waals surface area (Å²) in [4.78, 5) is 11.2. The third kappa shape index (κ3) is 2.00. The number of rotatable bonds is 4. The number of nitrogen functional groups attached to an aromatic ring is 1. The number of benzene rings is 1. The molecule has 0 saturated heterocycles. The highest BCUT2D eigenvalue weighted by Gasteiger charge is 2.36. The van der Waals surface area contributed by atoms with Gasteiger partial charge in [-0.2, -0.15) is 0 Å². The minimum Gasteiger partial charge on any atom is -0.478 e. The Bertz CT molecular complexity index is 479. The fourth-order valence-corrected chi connectivity index (χ4v) is 2.38. The van der Waals surface area contributed by atoms with Crippen LogP contribution in [0.15, 0.2) is 12.1 Å². The number of aromatic carboxylic acids is 1. The molecular formula is C13H17FN2O2. The van der Waals surface area contributed by atoms with Gasteiger partial charge in [0.15, 0.2) is 0 Å². The number of nitrogens with one attached hydrogen (secondary N) is 1. The highest BCUT2D eigenvalue weighted by molar-refractivity contribution is 6.00. The van der Waals surface area contributed by atoms with Crippen molar-refractivity contribution in [3.05, 3.63) is 23.5 Å². The van der Waals surface area contributed by atoms with Gasteiger partial charge in [-0.05, 0) is 37.8 Å². The normalized spacial score (nSPS) is 17.0. The molecule has 1 fully saturated rings. The fourth-order valence-electron chi connectivity index (χ4n) is 2.38. The van der Waals surface area contributed by atoms with Crippen molar-refractivity contribution < 1.29 is 14.3 Å². The summed E-state index contributed by atoms with van der Waals surface area (Å²) in [7, 11) is 0. The number of anilines is 2. The Kier molecular flexibility index (Phi) is 3.15. The maximum Gasteiger partial charge on any atom is 0.340 e. The maximum atomic E-state index is 13.3. The fraction of sp³-hybridized carbons (Fsp3) is 0.462. The molecule has 98 valence electrons. The summed E-state index contributed by atoms with van der Waals surface area (Å²) in [6, 6.07) is 2.65. The maximum absolute atomic E-state index is 13.3. The number of carboxylic acid groups (broad SMARTS) is 1. The third-order valence-electron chi connectivity index (χ3n) is 3.79. The molecule has 0 atom stereocenters. The molecule has 4 nitrogen and oxygen atoms in total. The summed E-state index contributed by atoms with van der Waals surface area (Å²) in [6.45, 7) is 2.06. The van der Waals surface area contributed by atoms with Crippen molar-refractivity contribution in [3.63, 3.8) is 0 Å². The van der Waals surface area contributed by atoms with Crippen molar-refractivity contribution in [2.45, 2.75) is 38.1 Å². The van der Waals surface area contributed by atoms with Crippen LogP contribution >= 0.6 is 0 Å². The zero-order valence-corrected chi connectivity index (χ0v) is 10.3. The van der Waals surface area contributed by atoms with Crippen molar-refractivity contribution in [2.75, 3.05) is 11.1 Å². The largest absolute Gasteiger partial charge is 0.478 e. The molecule has 1 aromatic rings. The van der Waals surface area contributed by atoms with Gasteiger partial charge < -0.3 is 16.2 Å². The second-order valence-corrected chi connectivity index (χ2v) is 4.80. The first-order valence-corrected chi connectivity index (χ1v) is 6.08. The average Bonchev–Trinajstić information content (AvgIpc) is 2.27. The number of carboxylic acids is 1. The van der Waals surface area contributed by atoms with Crippen LogP contribution in [-0.2, 0) is 0 Å². The van der Waals surface area contributed by atoms with Gasteiger partial charge in [-0.15, -0.1) is 0 Å². The van der Waals surface area contributed by atoms with Gasteiger partial charge in [0.05, 0.1) is 11.4 Å². The van der Waals surface area contributed by atoms with E-state index in [2.05, 4.69) is 12.2 Å². The molecule has 2 rings (SSSR count). The van der Waals surface area contributed by atoms with E-state index in [1.165, 1.54) is 12.1 Å². The Labute approximate surface area is 105 Å². The van der Waals surface area contributed by atoms with Crippen LogP contribution in [0.4, 0.5) is 15.8 Å². The molecule has 1 aromatic carbocycles. The van der Waals surface area contributed by atoms with Crippen LogP contribution in [0.25, 0.3) is 0 Å². The number of nitrogens with two attached hydrogens (primary N) is 1. The summed E-state index contributed by atoms with van der Waals surface area (Å²) in [5.41, 5.74) is 5.37. The predicted molar refractivity (Wildman–Crippen MR) is 68.3 cm³/mol. The average molecular weight is 252 g/mol. The Morgan fingerprint density at radius 3 is 2.67 bits per heavy atom. The van der Waals surface area contributed by atoms with E-state index in [9.17, 15) is 9.18 Å². The van der Waals surface area contributed by atoms with Crippen molar-refractivity contribution in [2.24, 2.45) is 0 Å². The molecule has 1 aliphatic rings. The number of hydrogen-bond donors (Lipinski definition) is 3. The minimum atomic E-state index is -1.21. The lowest BCUT2D eigenvalue weighted by atomic mass is 9.74. The van der Waals surface area contributed by atoms with Crippen molar-refractivity contribution in [3.8, 4) is 0 Å². The van der Waals surface area contributed by atoms with E-state index < -0.39 is 11.8 Å². The molecule has 1 saturated carbocycles. The standard InChI is InChI=1S/C13H17FN2O2/c1-2-13(6-3-7-13)16-9-5-4-8(14)11(15)10(9)12(17)18/h4-5,16H,2-3,6-7,15H2,1H3,(H,17,18). The van der Waals surface area contributed by atoms with Gasteiger partial charge in [-0.25, -0.2) is 9.18 Å². The second-order valence-electron chi connectivity index (χ2n) is 4.80. The number of hydrogen-bond acceptors (Lipinski definition) is 3. The molecule has 18 heavy (non-hydrogen) atoms. The van der Waals surface area contributed by atoms with E-state index in [0.717, 1.165) is 25.7 Å². The summed E-state index contributed by atoms with van der Waals surface area (Å²) in [5, 5.41) is 12.4. The third-order valence-corrected chi connectivity index (χ3v) is 3.79. The zero-order chi connectivity index (χ0) is 13.3. The van der Waals surface area contributed by atoms with Gasteiger partial charge in [0, 0.05) is 5.54 Å². The van der Waals surface area contributed by atoms with Crippen LogP contribution in [0.2, 0.25) is 0 Å². The van der Waals surface area contributed by atoms with E-state index >= 15 is 0 Å². The lowest BCUT2D eigenvalue weighted by Gasteiger charge is -2.43. The number of carbonyl (C=O) groups is 1. The summed E-state index contributed by atoms with van der Waals surface area (Å²) < 4.78 is 13.3. The van der Waals surface area contributed by atoms with Crippen LogP contribution in [0.5, 0.6) is 0 Å². The summed E-state index contributed by atoms with van der Waals surface area (Å²) >= 11 is 0. The first kappa shape index (κ1) is 12.7. The van der Waals surface area contributed by atoms with Crippen molar-refractivity contribution in [1.82, 2.24) is 0 Å². The van der Waals surface area contributed by atoms with Crippen molar-refractivity contribution in [1.29, 1.82) is 0 Å². The first-order valence-electron chi connectivity index (χ1n) is 6.08. The van der Waals surface area contributed by atoms with Gasteiger partial charge in [0.25, 0.3) is 0 Å². The molecule has 0 bridgehead atoms. The van der Waals surface area contributed by atoms with Crippen LogP contribution < -0.4 is 11.1 Å². The van der Waals surface area contributed by atoms with Gasteiger partial charge in [0.2, 0.25) is 0 Å². The van der Waals surface area contributed by atoms with Gasteiger partial charge in [0.1, 0.15) is 11.4 Å². The highest BCUT2D eigenvalue weighted by atomic mass is 19.1. The SMILES string of the molecule is CCC1(Nc2ccc(F)c(N)c2C(=O)O)CCC1. The smallest absolute Gasteiger partial charge is 0.340 e. The van der Waals surface area contributed by atoms with E-state index in [1.54, 1.807) is 0 Å². The Balaban J connectivity index is 2.38. The first-order chi connectivity index (χ1) is 8.49. The van der Waals surface area contributed by atoms with Crippen LogP contribution in [0, 0.1) is 5.82 Å². The Morgan fingerprint density at radius 2 is 2.22 bits per heavy atom. The quantitative estimate of drug-likeness (QED) is 0.720. The van der Waals surface area contributed by atoms with E-state index in [-0.39, 0.29) is 16.8 Å². The number of halogens is 1. The van der Waals surface area contributed by atoms with Gasteiger partial charge in [-0.3, -0.25) is 0 Å². The monoisotopic (exact) mass is 252 g/mol. The molecule has 1 aliphatic carbocycles. The second kappa shape index (κ2) is 4.48. The van der Waals surface area contributed by atoms with Crippen molar-refractivity contribution >= 4 is 17.3 Å². The molecule has 4 N–H and O–H groups in total. The van der Waals surface area contributed by atoms with Crippen LogP contribution in [0.1, 0.15) is 43.0 Å². The Morgan fingerprint density at radius 1 is 1.56 bits per heavy atom. The van der Waals surface area contributed by atoms with E-state index in [1.807, 2.05) is 0 Å². The Hall–Kier alpha value is -1.78. The topological polar surface area (TPSA) is 75.3 Å². The minimum absolute atomic E-state index is 0.0610. The molecule has 0 aliphatic heterocycles. The molecular weight excluding hydrogens is 235 g/mol. The van der Waals surface area contributed by atoms with Gasteiger partial charge in [-0.1, -0.05) is 6.92 Å². The molecule has 0 radical (unpaired) electrons. The molecule has 0 amide bonds. The zero-order valence-electron chi connectivity index (χ0n) is 10.3. The molecule has 0 aromatic heterocycles. The molecule has 5 heteroatoms. The van der Waals surface area contributed by atoms with E-state index in [4.69, 9.17) is 10.8 Å². The molecule has 0 unspecified atom stereocenters. The van der Waals surface area contributed by atoms with Crippen LogP contribution in [-0.4, -0.2) is 16.6 Å². The predicted octanol–water partition coefficient (Wildman–Crippen LogP) is 2.85. The summed E-state index contributed by atoms with van der Waals surface area (Å²) in [6.07, 6.45) is 4.03. The molecule has 0 heterocycles. The van der Waals surface area contributed by atoms with Gasteiger partial charge >= 0.3 is 5.97 Å².